The molecule has 0 N–H and O–H groups in total. The fourth-order valence-corrected chi connectivity index (χ4v) is 2.60. The molecule has 1 aromatic carbocycles. The number of likely N-dealkylation sites (tertiary alicyclic amines) is 1. The van der Waals surface area contributed by atoms with Crippen molar-refractivity contribution in [3.05, 3.63) is 34.3 Å². The summed E-state index contributed by atoms with van der Waals surface area (Å²) in [7, 11) is 0. The van der Waals surface area contributed by atoms with Crippen molar-refractivity contribution in [2.75, 3.05) is 13.1 Å². The van der Waals surface area contributed by atoms with Gasteiger partial charge >= 0.3 is 0 Å². The van der Waals surface area contributed by atoms with Crippen molar-refractivity contribution in [1.82, 2.24) is 4.90 Å². The quantitative estimate of drug-likeness (QED) is 0.781. The van der Waals surface area contributed by atoms with E-state index in [1.165, 1.54) is 0 Å². The van der Waals surface area contributed by atoms with Crippen LogP contribution >= 0.6 is 11.6 Å². The summed E-state index contributed by atoms with van der Waals surface area (Å²) in [6.07, 6.45) is 1.78. The van der Waals surface area contributed by atoms with Crippen LogP contribution in [0.4, 0.5) is 0 Å². The lowest BCUT2D eigenvalue weighted by Crippen LogP contribution is -2.39. The molecule has 0 saturated carbocycles. The Morgan fingerprint density at radius 2 is 2.28 bits per heavy atom. The van der Waals surface area contributed by atoms with E-state index in [1.807, 2.05) is 19.1 Å². The second kappa shape index (κ2) is 5.41. The van der Waals surface area contributed by atoms with Crippen LogP contribution in [0.3, 0.4) is 0 Å². The van der Waals surface area contributed by atoms with E-state index in [9.17, 15) is 4.79 Å². The predicted octanol–water partition coefficient (Wildman–Crippen LogP) is 3.02. The Hall–Kier alpha value is -1.53. The fourth-order valence-electron chi connectivity index (χ4n) is 2.31. The zero-order valence-electron chi connectivity index (χ0n) is 10.3. The fraction of sp³-hybridized carbons (Fsp3) is 0.429. The van der Waals surface area contributed by atoms with Gasteiger partial charge in [0.1, 0.15) is 0 Å². The summed E-state index contributed by atoms with van der Waals surface area (Å²) < 4.78 is 0. The molecular weight excluding hydrogens is 248 g/mol. The lowest BCUT2D eigenvalue weighted by molar-refractivity contribution is 0.0698. The van der Waals surface area contributed by atoms with Gasteiger partial charge in [-0.2, -0.15) is 5.26 Å². The lowest BCUT2D eigenvalue weighted by Gasteiger charge is -2.29. The molecule has 94 valence electrons. The summed E-state index contributed by atoms with van der Waals surface area (Å²) in [6, 6.07) is 7.59. The number of nitriles is 1. The first-order chi connectivity index (χ1) is 8.60. The smallest absolute Gasteiger partial charge is 0.253 e. The zero-order chi connectivity index (χ0) is 13.1. The van der Waals surface area contributed by atoms with E-state index in [4.69, 9.17) is 16.9 Å². The Labute approximate surface area is 112 Å². The van der Waals surface area contributed by atoms with Crippen molar-refractivity contribution in [2.45, 2.75) is 19.8 Å². The standard InChI is InChI=1S/C14H15ClN2O/c1-10-5-12(7-13(15)6-10)14(18)17-4-2-3-11(8-16)9-17/h5-7,11H,2-4,9H2,1H3. The monoisotopic (exact) mass is 262 g/mol. The molecule has 1 aliphatic rings. The van der Waals surface area contributed by atoms with Crippen LogP contribution in [0.1, 0.15) is 28.8 Å². The van der Waals surface area contributed by atoms with Crippen LogP contribution < -0.4 is 0 Å². The van der Waals surface area contributed by atoms with Crippen LogP contribution in [-0.2, 0) is 0 Å². The van der Waals surface area contributed by atoms with Crippen molar-refractivity contribution >= 4 is 17.5 Å². The summed E-state index contributed by atoms with van der Waals surface area (Å²) in [4.78, 5) is 14.1. The van der Waals surface area contributed by atoms with Gasteiger partial charge in [-0.3, -0.25) is 4.79 Å². The van der Waals surface area contributed by atoms with E-state index in [2.05, 4.69) is 6.07 Å². The van der Waals surface area contributed by atoms with Crippen molar-refractivity contribution in [2.24, 2.45) is 5.92 Å². The molecular formula is C14H15ClN2O. The minimum absolute atomic E-state index is 0.0273. The maximum atomic E-state index is 12.3. The molecule has 1 amide bonds. The number of amides is 1. The lowest BCUT2D eigenvalue weighted by atomic mass is 9.99. The highest BCUT2D eigenvalue weighted by molar-refractivity contribution is 6.31. The predicted molar refractivity (Wildman–Crippen MR) is 70.4 cm³/mol. The topological polar surface area (TPSA) is 44.1 Å². The van der Waals surface area contributed by atoms with Gasteiger partial charge in [0, 0.05) is 23.7 Å². The number of carbonyl (C=O) groups excluding carboxylic acids is 1. The third-order valence-corrected chi connectivity index (χ3v) is 3.40. The van der Waals surface area contributed by atoms with Crippen LogP contribution in [0.5, 0.6) is 0 Å². The Morgan fingerprint density at radius 3 is 2.94 bits per heavy atom. The highest BCUT2D eigenvalue weighted by atomic mass is 35.5. The van der Waals surface area contributed by atoms with Crippen molar-refractivity contribution in [3.8, 4) is 6.07 Å². The summed E-state index contributed by atoms with van der Waals surface area (Å²) in [5.74, 6) is -0.0662. The van der Waals surface area contributed by atoms with Gasteiger partial charge in [-0.15, -0.1) is 0 Å². The van der Waals surface area contributed by atoms with Gasteiger partial charge in [-0.1, -0.05) is 11.6 Å². The first kappa shape index (κ1) is 12.9. The summed E-state index contributed by atoms with van der Waals surface area (Å²) in [6.45, 7) is 3.17. The number of nitrogens with zero attached hydrogens (tertiary/aromatic N) is 2. The molecule has 1 unspecified atom stereocenters. The molecule has 0 spiro atoms. The average Bonchev–Trinajstić information content (AvgIpc) is 2.37. The number of halogens is 1. The number of benzene rings is 1. The Morgan fingerprint density at radius 1 is 1.50 bits per heavy atom. The highest BCUT2D eigenvalue weighted by Gasteiger charge is 2.24. The van der Waals surface area contributed by atoms with Crippen LogP contribution in [-0.4, -0.2) is 23.9 Å². The highest BCUT2D eigenvalue weighted by Crippen LogP contribution is 2.20. The molecule has 1 atom stereocenters. The largest absolute Gasteiger partial charge is 0.337 e. The van der Waals surface area contributed by atoms with Gasteiger partial charge in [0.25, 0.3) is 5.91 Å². The summed E-state index contributed by atoms with van der Waals surface area (Å²) in [5, 5.41) is 9.52. The van der Waals surface area contributed by atoms with Crippen LogP contribution in [0.25, 0.3) is 0 Å². The number of aryl methyl sites for hydroxylation is 1. The van der Waals surface area contributed by atoms with Gasteiger partial charge < -0.3 is 4.90 Å². The van der Waals surface area contributed by atoms with Gasteiger partial charge in [0.2, 0.25) is 0 Å². The average molecular weight is 263 g/mol. The van der Waals surface area contributed by atoms with E-state index >= 15 is 0 Å². The SMILES string of the molecule is Cc1cc(Cl)cc(C(=O)N2CCCC(C#N)C2)c1. The molecule has 1 aliphatic heterocycles. The van der Waals surface area contributed by atoms with Crippen LogP contribution in [0.15, 0.2) is 18.2 Å². The molecule has 0 aliphatic carbocycles. The first-order valence-corrected chi connectivity index (χ1v) is 6.44. The van der Waals surface area contributed by atoms with Gasteiger partial charge in [0.15, 0.2) is 0 Å². The molecule has 4 heteroatoms. The summed E-state index contributed by atoms with van der Waals surface area (Å²) in [5.41, 5.74) is 1.58. The number of hydrogen-bond acceptors (Lipinski definition) is 2. The molecule has 0 aromatic heterocycles. The zero-order valence-corrected chi connectivity index (χ0v) is 11.1. The number of carbonyl (C=O) groups is 1. The maximum Gasteiger partial charge on any atom is 0.253 e. The van der Waals surface area contributed by atoms with Gasteiger partial charge in [-0.05, 0) is 43.5 Å². The number of piperidine rings is 1. The van der Waals surface area contributed by atoms with E-state index in [-0.39, 0.29) is 11.8 Å². The molecule has 1 saturated heterocycles. The van der Waals surface area contributed by atoms with E-state index in [0.29, 0.717) is 17.1 Å². The number of hydrogen-bond donors (Lipinski definition) is 0. The van der Waals surface area contributed by atoms with E-state index < -0.39 is 0 Å². The molecule has 1 fully saturated rings. The molecule has 1 heterocycles. The third kappa shape index (κ3) is 2.83. The molecule has 2 rings (SSSR count). The van der Waals surface area contributed by atoms with Crippen molar-refractivity contribution < 1.29 is 4.79 Å². The van der Waals surface area contributed by atoms with Gasteiger partial charge in [-0.25, -0.2) is 0 Å². The van der Waals surface area contributed by atoms with Gasteiger partial charge in [0.05, 0.1) is 12.0 Å². The van der Waals surface area contributed by atoms with E-state index in [0.717, 1.165) is 24.9 Å². The maximum absolute atomic E-state index is 12.3. The third-order valence-electron chi connectivity index (χ3n) is 3.18. The molecule has 1 aromatic rings. The van der Waals surface area contributed by atoms with Crippen LogP contribution in [0.2, 0.25) is 5.02 Å². The number of rotatable bonds is 1. The Kier molecular flexibility index (Phi) is 3.88. The van der Waals surface area contributed by atoms with E-state index in [1.54, 1.807) is 11.0 Å². The molecule has 0 bridgehead atoms. The second-order valence-electron chi connectivity index (χ2n) is 4.74. The van der Waals surface area contributed by atoms with Crippen molar-refractivity contribution in [1.29, 1.82) is 5.26 Å². The van der Waals surface area contributed by atoms with Crippen LogP contribution in [0, 0.1) is 24.2 Å². The first-order valence-electron chi connectivity index (χ1n) is 6.06. The molecule has 0 radical (unpaired) electrons. The minimum atomic E-state index is -0.0389. The van der Waals surface area contributed by atoms with Crippen molar-refractivity contribution in [3.63, 3.8) is 0 Å². The normalized spacial score (nSPS) is 19.4. The Bertz CT molecular complexity index is 487. The minimum Gasteiger partial charge on any atom is -0.337 e. The summed E-state index contributed by atoms with van der Waals surface area (Å²) >= 11 is 5.97. The second-order valence-corrected chi connectivity index (χ2v) is 5.17. The molecule has 18 heavy (non-hydrogen) atoms. The Balaban J connectivity index is 2.18. The molecule has 3 nitrogen and oxygen atoms in total.